The molecular formula is C17H20F4N2O3S. The molecule has 2 N–H and O–H groups in total. The largest absolute Gasteiger partial charge is 0.369 e. The number of primary amides is 1. The number of nitrogens with zero attached hydrogens (tertiary/aromatic N) is 1. The van der Waals surface area contributed by atoms with Crippen LogP contribution in [0, 0.1) is 11.6 Å². The van der Waals surface area contributed by atoms with Crippen LogP contribution in [0.15, 0.2) is 12.1 Å². The summed E-state index contributed by atoms with van der Waals surface area (Å²) in [6.07, 6.45) is -0.877. The van der Waals surface area contributed by atoms with Crippen LogP contribution in [-0.4, -0.2) is 36.3 Å². The smallest absolute Gasteiger partial charge is 0.250 e. The first kappa shape index (κ1) is 20.1. The van der Waals surface area contributed by atoms with E-state index in [1.54, 1.807) is 6.92 Å². The van der Waals surface area contributed by atoms with Crippen molar-refractivity contribution < 1.29 is 30.8 Å². The number of carbonyl (C=O) groups excluding carboxylic acids is 1. The van der Waals surface area contributed by atoms with E-state index in [0.29, 0.717) is 18.9 Å². The maximum absolute atomic E-state index is 14.6. The number of alkyl halides is 2. The third-order valence-corrected chi connectivity index (χ3v) is 7.45. The van der Waals surface area contributed by atoms with Crippen LogP contribution in [0.25, 0.3) is 0 Å². The van der Waals surface area contributed by atoms with Crippen molar-refractivity contribution in [3.63, 3.8) is 0 Å². The van der Waals surface area contributed by atoms with Gasteiger partial charge in [-0.1, -0.05) is 0 Å². The molecule has 1 aromatic rings. The SMILES string of the molecule is C[C@H]1CCCS(=O)(=O)N1Cc1cc(F)c(C2(C(N)=O)CC(F)(F)C2)cc1F. The van der Waals surface area contributed by atoms with E-state index in [-0.39, 0.29) is 23.9 Å². The predicted molar refractivity (Wildman–Crippen MR) is 89.4 cm³/mol. The molecule has 3 rings (SSSR count). The molecule has 0 radical (unpaired) electrons. The molecule has 1 atom stereocenters. The number of hydrogen-bond acceptors (Lipinski definition) is 3. The van der Waals surface area contributed by atoms with Gasteiger partial charge in [0.05, 0.1) is 11.2 Å². The van der Waals surface area contributed by atoms with Crippen LogP contribution in [0.2, 0.25) is 0 Å². The van der Waals surface area contributed by atoms with Gasteiger partial charge in [0.15, 0.2) is 0 Å². The highest BCUT2D eigenvalue weighted by atomic mass is 32.2. The normalized spacial score (nSPS) is 26.3. The lowest BCUT2D eigenvalue weighted by Gasteiger charge is -2.45. The summed E-state index contributed by atoms with van der Waals surface area (Å²) >= 11 is 0. The van der Waals surface area contributed by atoms with Gasteiger partial charge in [0.1, 0.15) is 11.6 Å². The van der Waals surface area contributed by atoms with E-state index < -0.39 is 57.3 Å². The highest BCUT2D eigenvalue weighted by molar-refractivity contribution is 7.89. The lowest BCUT2D eigenvalue weighted by atomic mass is 9.61. The van der Waals surface area contributed by atoms with Gasteiger partial charge in [-0.05, 0) is 31.9 Å². The Labute approximate surface area is 154 Å². The molecule has 1 saturated carbocycles. The molecular weight excluding hydrogens is 388 g/mol. The van der Waals surface area contributed by atoms with Gasteiger partial charge in [0.2, 0.25) is 15.9 Å². The third-order valence-electron chi connectivity index (χ3n) is 5.44. The Hall–Kier alpha value is -1.68. The quantitative estimate of drug-likeness (QED) is 0.777. The van der Waals surface area contributed by atoms with E-state index in [1.165, 1.54) is 0 Å². The Morgan fingerprint density at radius 1 is 1.26 bits per heavy atom. The van der Waals surface area contributed by atoms with Crippen molar-refractivity contribution in [1.29, 1.82) is 0 Å². The highest BCUT2D eigenvalue weighted by Crippen LogP contribution is 2.54. The number of amides is 1. The maximum Gasteiger partial charge on any atom is 0.250 e. The maximum atomic E-state index is 14.6. The Morgan fingerprint density at radius 3 is 2.41 bits per heavy atom. The molecule has 27 heavy (non-hydrogen) atoms. The van der Waals surface area contributed by atoms with E-state index in [0.717, 1.165) is 10.4 Å². The van der Waals surface area contributed by atoms with Gasteiger partial charge in [-0.25, -0.2) is 26.0 Å². The lowest BCUT2D eigenvalue weighted by molar-refractivity contribution is -0.156. The number of sulfonamides is 1. The standard InChI is InChI=1S/C17H20F4N2O3S/c1-10-3-2-4-27(25,26)23(10)7-11-5-14(19)12(6-13(11)18)16(15(22)24)8-17(20,21)9-16/h5-6,10H,2-4,7-9H2,1H3,(H2,22,24)/t10-/m0/s1. The Bertz CT molecular complexity index is 880. The number of hydrogen-bond donors (Lipinski definition) is 1. The molecule has 0 spiro atoms. The zero-order valence-electron chi connectivity index (χ0n) is 14.6. The molecule has 1 amide bonds. The van der Waals surface area contributed by atoms with Crippen LogP contribution in [0.5, 0.6) is 0 Å². The molecule has 2 aliphatic rings. The van der Waals surface area contributed by atoms with E-state index in [4.69, 9.17) is 5.73 Å². The minimum absolute atomic E-state index is 0.0700. The fourth-order valence-corrected chi connectivity index (χ4v) is 5.68. The van der Waals surface area contributed by atoms with Crippen molar-refractivity contribution in [3.8, 4) is 0 Å². The summed E-state index contributed by atoms with van der Waals surface area (Å²) in [4.78, 5) is 11.7. The van der Waals surface area contributed by atoms with Gasteiger partial charge >= 0.3 is 0 Å². The zero-order valence-corrected chi connectivity index (χ0v) is 15.5. The second kappa shape index (κ2) is 6.44. The van der Waals surface area contributed by atoms with E-state index in [2.05, 4.69) is 0 Å². The first-order valence-electron chi connectivity index (χ1n) is 8.54. The lowest BCUT2D eigenvalue weighted by Crippen LogP contribution is -2.57. The van der Waals surface area contributed by atoms with Crippen molar-refractivity contribution in [3.05, 3.63) is 34.9 Å². The average molecular weight is 408 g/mol. The minimum Gasteiger partial charge on any atom is -0.369 e. The van der Waals surface area contributed by atoms with Gasteiger partial charge in [0, 0.05) is 36.6 Å². The number of rotatable bonds is 4. The Balaban J connectivity index is 1.95. The molecule has 1 aromatic carbocycles. The number of benzene rings is 1. The summed E-state index contributed by atoms with van der Waals surface area (Å²) in [5.41, 5.74) is 2.50. The van der Waals surface area contributed by atoms with Crippen LogP contribution in [0.1, 0.15) is 43.7 Å². The molecule has 0 aromatic heterocycles. The summed E-state index contributed by atoms with van der Waals surface area (Å²) in [7, 11) is -3.59. The molecule has 150 valence electrons. The Morgan fingerprint density at radius 2 is 1.89 bits per heavy atom. The number of carbonyl (C=O) groups is 1. The third kappa shape index (κ3) is 3.44. The molecule has 0 bridgehead atoms. The number of halogens is 4. The van der Waals surface area contributed by atoms with Crippen molar-refractivity contribution in [2.45, 2.75) is 56.5 Å². The molecule has 10 heteroatoms. The van der Waals surface area contributed by atoms with Gasteiger partial charge in [-0.3, -0.25) is 4.79 Å². The van der Waals surface area contributed by atoms with Crippen molar-refractivity contribution in [1.82, 2.24) is 4.31 Å². The monoisotopic (exact) mass is 408 g/mol. The van der Waals surface area contributed by atoms with Crippen molar-refractivity contribution in [2.24, 2.45) is 5.73 Å². The van der Waals surface area contributed by atoms with Crippen molar-refractivity contribution >= 4 is 15.9 Å². The van der Waals surface area contributed by atoms with Gasteiger partial charge in [0.25, 0.3) is 5.92 Å². The predicted octanol–water partition coefficient (Wildman–Crippen LogP) is 2.43. The molecule has 1 aliphatic carbocycles. The fourth-order valence-electron chi connectivity index (χ4n) is 3.92. The summed E-state index contributed by atoms with van der Waals surface area (Å²) < 4.78 is 81.4. The Kier molecular flexibility index (Phi) is 4.79. The molecule has 1 saturated heterocycles. The zero-order chi connectivity index (χ0) is 20.2. The second-order valence-electron chi connectivity index (χ2n) is 7.43. The van der Waals surface area contributed by atoms with Gasteiger partial charge in [-0.15, -0.1) is 0 Å². The topological polar surface area (TPSA) is 80.5 Å². The van der Waals surface area contributed by atoms with Crippen LogP contribution in [0.3, 0.4) is 0 Å². The van der Waals surface area contributed by atoms with Gasteiger partial charge < -0.3 is 5.73 Å². The summed E-state index contributed by atoms with van der Waals surface area (Å²) in [6, 6.07) is 1.09. The van der Waals surface area contributed by atoms with Crippen LogP contribution in [-0.2, 0) is 26.8 Å². The molecule has 1 aliphatic heterocycles. The summed E-state index contributed by atoms with van der Waals surface area (Å²) in [5, 5.41) is 0. The van der Waals surface area contributed by atoms with Crippen LogP contribution < -0.4 is 5.73 Å². The molecule has 0 unspecified atom stereocenters. The van der Waals surface area contributed by atoms with Crippen LogP contribution in [0.4, 0.5) is 17.6 Å². The second-order valence-corrected chi connectivity index (χ2v) is 9.47. The summed E-state index contributed by atoms with van der Waals surface area (Å²) in [6.45, 7) is 1.31. The van der Waals surface area contributed by atoms with Crippen LogP contribution >= 0.6 is 0 Å². The van der Waals surface area contributed by atoms with E-state index in [9.17, 15) is 30.8 Å². The van der Waals surface area contributed by atoms with Gasteiger partial charge in [-0.2, -0.15) is 4.31 Å². The van der Waals surface area contributed by atoms with E-state index in [1.807, 2.05) is 0 Å². The minimum atomic E-state index is -3.59. The molecule has 5 nitrogen and oxygen atoms in total. The molecule has 2 fully saturated rings. The average Bonchev–Trinajstić information content (AvgIpc) is 2.50. The molecule has 1 heterocycles. The first-order valence-corrected chi connectivity index (χ1v) is 10.1. The first-order chi connectivity index (χ1) is 12.4. The summed E-state index contributed by atoms with van der Waals surface area (Å²) in [5.74, 6) is -6.41. The highest BCUT2D eigenvalue weighted by Gasteiger charge is 2.62. The van der Waals surface area contributed by atoms with Crippen molar-refractivity contribution in [2.75, 3.05) is 5.75 Å². The number of nitrogens with two attached hydrogens (primary N) is 1. The van der Waals surface area contributed by atoms with E-state index >= 15 is 0 Å². The fraction of sp³-hybridized carbons (Fsp3) is 0.588.